The average molecular weight is 580 g/mol. The molecule has 5 rings (SSSR count). The van der Waals surface area contributed by atoms with Crippen molar-refractivity contribution in [1.29, 1.82) is 0 Å². The molecule has 0 spiro atoms. The first-order valence-corrected chi connectivity index (χ1v) is 15.6. The Kier molecular flexibility index (Phi) is 8.57. The number of sulfonamides is 1. The summed E-state index contributed by atoms with van der Waals surface area (Å²) in [4.78, 5) is 23.5. The van der Waals surface area contributed by atoms with Crippen LogP contribution in [0.1, 0.15) is 63.3 Å². The minimum atomic E-state index is -3.31. The van der Waals surface area contributed by atoms with E-state index in [0.29, 0.717) is 44.7 Å². The van der Waals surface area contributed by atoms with Gasteiger partial charge in [0.15, 0.2) is 17.5 Å². The van der Waals surface area contributed by atoms with E-state index in [9.17, 15) is 13.2 Å². The van der Waals surface area contributed by atoms with Gasteiger partial charge >= 0.3 is 5.97 Å². The van der Waals surface area contributed by atoms with Crippen LogP contribution in [0, 0.1) is 18.7 Å². The monoisotopic (exact) mass is 579 g/mol. The van der Waals surface area contributed by atoms with Crippen LogP contribution in [0.25, 0.3) is 0 Å². The Morgan fingerprint density at radius 2 is 1.93 bits per heavy atom. The fourth-order valence-electron chi connectivity index (χ4n) is 6.00. The molecule has 0 saturated carbocycles. The highest BCUT2D eigenvalue weighted by molar-refractivity contribution is 7.89. The molecule has 12 nitrogen and oxygen atoms in total. The first-order valence-electron chi connectivity index (χ1n) is 14.0. The number of rotatable bonds is 9. The van der Waals surface area contributed by atoms with Crippen molar-refractivity contribution in [3.8, 4) is 0 Å². The van der Waals surface area contributed by atoms with Gasteiger partial charge in [-0.25, -0.2) is 17.8 Å². The summed E-state index contributed by atoms with van der Waals surface area (Å²) in [7, 11) is -1.47. The van der Waals surface area contributed by atoms with Crippen LogP contribution in [0.4, 0.5) is 22.0 Å². The number of halogens is 1. The number of esters is 1. The predicted molar refractivity (Wildman–Crippen MR) is 146 cm³/mol. The van der Waals surface area contributed by atoms with Crippen molar-refractivity contribution in [2.24, 2.45) is 5.92 Å². The molecule has 2 N–H and O–H groups in total. The van der Waals surface area contributed by atoms with E-state index in [0.717, 1.165) is 25.0 Å². The zero-order chi connectivity index (χ0) is 28.4. The zero-order valence-electron chi connectivity index (χ0n) is 23.2. The third kappa shape index (κ3) is 6.08. The summed E-state index contributed by atoms with van der Waals surface area (Å²) < 4.78 is 53.8. The molecule has 3 aliphatic rings. The number of carbonyl (C=O) groups excluding carboxylic acids is 1. The Morgan fingerprint density at radius 3 is 2.55 bits per heavy atom. The first-order chi connectivity index (χ1) is 19.2. The van der Waals surface area contributed by atoms with E-state index in [-0.39, 0.29) is 53.9 Å². The predicted octanol–water partition coefficient (Wildman–Crippen LogP) is 3.03. The number of aromatic amines is 1. The molecule has 0 radical (unpaired) electrons. The van der Waals surface area contributed by atoms with Gasteiger partial charge in [0.25, 0.3) is 0 Å². The van der Waals surface area contributed by atoms with Gasteiger partial charge in [-0.2, -0.15) is 14.4 Å². The Labute approximate surface area is 234 Å². The van der Waals surface area contributed by atoms with Crippen LogP contribution in [-0.4, -0.2) is 83.0 Å². The summed E-state index contributed by atoms with van der Waals surface area (Å²) in [6.45, 7) is 4.17. The van der Waals surface area contributed by atoms with E-state index < -0.39 is 21.8 Å². The smallest absolute Gasteiger partial charge is 0.309 e. The van der Waals surface area contributed by atoms with E-state index in [2.05, 4.69) is 25.5 Å². The van der Waals surface area contributed by atoms with Gasteiger partial charge in [0.1, 0.15) is 12.3 Å². The number of H-pyrrole nitrogens is 1. The quantitative estimate of drug-likeness (QED) is 0.426. The van der Waals surface area contributed by atoms with Crippen molar-refractivity contribution in [1.82, 2.24) is 24.5 Å². The number of hydrogen-bond acceptors (Lipinski definition) is 10. The highest BCUT2D eigenvalue weighted by Crippen LogP contribution is 2.38. The first kappa shape index (κ1) is 28.7. The van der Waals surface area contributed by atoms with Crippen LogP contribution < -0.4 is 10.2 Å². The Bertz CT molecular complexity index is 1300. The van der Waals surface area contributed by atoms with Crippen LogP contribution in [-0.2, 0) is 30.9 Å². The second-order valence-corrected chi connectivity index (χ2v) is 13.1. The number of nitrogens with one attached hydrogen (secondary N) is 2. The molecule has 0 aromatic carbocycles. The lowest BCUT2D eigenvalue weighted by atomic mass is 9.83. The standard InChI is InChI=1S/C26H38FN7O5S/c1-4-40(36,37)34-18-6-5-7-19(34)14-20(13-18)33(3)26-28-21(15-39-25(35)17-8-10-38-11-9-17)23(27)24(30-26)29-22-12-16(2)31-32-22/h12,17-20H,4-11,13-15H2,1-3H3,(H2,28,29,30,31,32)/t18-,19+,20+. The minimum Gasteiger partial charge on any atom is -0.459 e. The second-order valence-electron chi connectivity index (χ2n) is 10.9. The highest BCUT2D eigenvalue weighted by Gasteiger charge is 2.45. The minimum absolute atomic E-state index is 0.0396. The number of carbonyl (C=O) groups is 1. The molecule has 3 aliphatic heterocycles. The number of nitrogens with zero attached hydrogens (tertiary/aromatic N) is 5. The van der Waals surface area contributed by atoms with E-state index in [1.54, 1.807) is 17.3 Å². The lowest BCUT2D eigenvalue weighted by Gasteiger charge is -2.49. The molecule has 2 aromatic rings. The topological polar surface area (TPSA) is 143 Å². The summed E-state index contributed by atoms with van der Waals surface area (Å²) in [5.41, 5.74) is 0.749. The second kappa shape index (κ2) is 12.0. The fourth-order valence-corrected chi connectivity index (χ4v) is 7.59. The molecule has 0 aliphatic carbocycles. The summed E-state index contributed by atoms with van der Waals surface area (Å²) in [6, 6.07) is 1.51. The molecule has 5 heterocycles. The lowest BCUT2D eigenvalue weighted by Crippen LogP contribution is -2.58. The molecule has 2 bridgehead atoms. The van der Waals surface area contributed by atoms with Gasteiger partial charge < -0.3 is 19.7 Å². The molecule has 40 heavy (non-hydrogen) atoms. The maximum absolute atomic E-state index is 15.6. The number of anilines is 3. The molecular formula is C26H38FN7O5S. The highest BCUT2D eigenvalue weighted by atomic mass is 32.2. The normalized spacial score (nSPS) is 24.1. The van der Waals surface area contributed by atoms with Crippen LogP contribution in [0.5, 0.6) is 0 Å². The van der Waals surface area contributed by atoms with E-state index in [4.69, 9.17) is 9.47 Å². The van der Waals surface area contributed by atoms with Gasteiger partial charge in [-0.05, 0) is 52.4 Å². The van der Waals surface area contributed by atoms with Crippen molar-refractivity contribution < 1.29 is 27.1 Å². The van der Waals surface area contributed by atoms with Crippen molar-refractivity contribution in [3.63, 3.8) is 0 Å². The van der Waals surface area contributed by atoms with Crippen LogP contribution in [0.3, 0.4) is 0 Å². The van der Waals surface area contributed by atoms with Gasteiger partial charge in [-0.15, -0.1) is 0 Å². The Hall–Kier alpha value is -2.84. The molecule has 0 amide bonds. The Morgan fingerprint density at radius 1 is 1.23 bits per heavy atom. The molecule has 3 fully saturated rings. The molecule has 0 unspecified atom stereocenters. The van der Waals surface area contributed by atoms with Crippen molar-refractivity contribution in [3.05, 3.63) is 23.3 Å². The van der Waals surface area contributed by atoms with E-state index >= 15 is 4.39 Å². The zero-order valence-corrected chi connectivity index (χ0v) is 24.0. The summed E-state index contributed by atoms with van der Waals surface area (Å²) >= 11 is 0. The fraction of sp³-hybridized carbons (Fsp3) is 0.692. The molecular weight excluding hydrogens is 541 g/mol. The number of hydrogen-bond donors (Lipinski definition) is 2. The molecule has 3 saturated heterocycles. The van der Waals surface area contributed by atoms with Gasteiger partial charge in [-0.3, -0.25) is 9.89 Å². The number of piperidine rings is 2. The van der Waals surface area contributed by atoms with Gasteiger partial charge in [0, 0.05) is 50.1 Å². The molecule has 220 valence electrons. The van der Waals surface area contributed by atoms with Gasteiger partial charge in [0.05, 0.1) is 11.7 Å². The average Bonchev–Trinajstić information content (AvgIpc) is 3.36. The number of fused-ring (bicyclic) bond motifs is 2. The van der Waals surface area contributed by atoms with Crippen molar-refractivity contribution >= 4 is 33.6 Å². The van der Waals surface area contributed by atoms with Crippen molar-refractivity contribution in [2.45, 2.75) is 83.5 Å². The summed E-state index contributed by atoms with van der Waals surface area (Å²) in [6.07, 6.45) is 5.00. The molecule has 2 aromatic heterocycles. The number of ether oxygens (including phenoxy) is 2. The lowest BCUT2D eigenvalue weighted by molar-refractivity contribution is -0.153. The molecule has 3 atom stereocenters. The largest absolute Gasteiger partial charge is 0.459 e. The van der Waals surface area contributed by atoms with Crippen LogP contribution in [0.2, 0.25) is 0 Å². The van der Waals surface area contributed by atoms with Crippen molar-refractivity contribution in [2.75, 3.05) is 36.2 Å². The van der Waals surface area contributed by atoms with Gasteiger partial charge in [0.2, 0.25) is 16.0 Å². The number of aromatic nitrogens is 4. The maximum atomic E-state index is 15.6. The van der Waals surface area contributed by atoms with Crippen LogP contribution in [0.15, 0.2) is 6.07 Å². The molecule has 14 heteroatoms. The van der Waals surface area contributed by atoms with Crippen LogP contribution >= 0.6 is 0 Å². The van der Waals surface area contributed by atoms with E-state index in [1.165, 1.54) is 0 Å². The van der Waals surface area contributed by atoms with E-state index in [1.807, 2.05) is 18.9 Å². The van der Waals surface area contributed by atoms with Gasteiger partial charge in [-0.1, -0.05) is 6.42 Å². The number of aryl methyl sites for hydroxylation is 1. The third-order valence-electron chi connectivity index (χ3n) is 8.20. The third-order valence-corrected chi connectivity index (χ3v) is 10.2. The SMILES string of the molecule is CCS(=O)(=O)N1[C@@H]2CCC[C@H]1C[C@@H](N(C)c1nc(COC(=O)C3CCOCC3)c(F)c(Nc3cc(C)[nH]n3)n1)C2. The summed E-state index contributed by atoms with van der Waals surface area (Å²) in [5, 5.41) is 9.85. The Balaban J connectivity index is 1.39. The summed E-state index contributed by atoms with van der Waals surface area (Å²) in [5.74, 6) is -0.742. The maximum Gasteiger partial charge on any atom is 0.309 e.